The number of hydrogen-bond acceptors (Lipinski definition) is 4. The van der Waals surface area contributed by atoms with Crippen LogP contribution in [0.1, 0.15) is 52.4 Å². The van der Waals surface area contributed by atoms with E-state index < -0.39 is 0 Å². The fraction of sp³-hybridized carbons (Fsp3) is 0.720. The van der Waals surface area contributed by atoms with E-state index in [4.69, 9.17) is 4.74 Å². The maximum Gasteiger partial charge on any atom is 0.233 e. The third-order valence-corrected chi connectivity index (χ3v) is 8.29. The smallest absolute Gasteiger partial charge is 0.233 e. The average molecular weight is 430 g/mol. The van der Waals surface area contributed by atoms with Crippen LogP contribution in [-0.4, -0.2) is 62.3 Å². The molecule has 0 radical (unpaired) electrons. The molecule has 5 nitrogen and oxygen atoms in total. The van der Waals surface area contributed by atoms with Gasteiger partial charge in [0.2, 0.25) is 5.91 Å². The van der Waals surface area contributed by atoms with Crippen LogP contribution in [0, 0.1) is 17.2 Å². The summed E-state index contributed by atoms with van der Waals surface area (Å²) in [6, 6.07) is 6.71. The minimum absolute atomic E-state index is 0.0810. The first-order valence-corrected chi connectivity index (χ1v) is 12.2. The molecule has 0 aromatic heterocycles. The van der Waals surface area contributed by atoms with Crippen LogP contribution < -0.4 is 9.80 Å². The summed E-state index contributed by atoms with van der Waals surface area (Å²) in [4.78, 5) is 19.8. The molecule has 5 rings (SSSR count). The zero-order valence-corrected chi connectivity index (χ0v) is 19.0. The molecule has 0 saturated carbocycles. The summed E-state index contributed by atoms with van der Waals surface area (Å²) in [5.74, 6) is 0.488. The van der Waals surface area contributed by atoms with Crippen LogP contribution in [0.15, 0.2) is 18.2 Å². The van der Waals surface area contributed by atoms with E-state index in [9.17, 15) is 4.79 Å². The molecular weight excluding hydrogens is 393 g/mol. The standard InChI is InChI=1S/C25H36FN3O2/c1-18(2)22-4-3-11-28(22)20-7-12-27(17-20)19-5-6-23(21(26)16-19)29-13-8-25(24(29)30)9-14-31-15-10-25/h5-6,16,18,20,22H,3-4,7-15,17H2,1-2H3. The Morgan fingerprint density at radius 3 is 2.65 bits per heavy atom. The quantitative estimate of drug-likeness (QED) is 0.723. The zero-order valence-electron chi connectivity index (χ0n) is 19.0. The molecule has 2 atom stereocenters. The Bertz CT molecular complexity index is 823. The highest BCUT2D eigenvalue weighted by Crippen LogP contribution is 2.43. The Kier molecular flexibility index (Phi) is 5.72. The van der Waals surface area contributed by atoms with Gasteiger partial charge in [0, 0.05) is 50.6 Å². The van der Waals surface area contributed by atoms with E-state index in [1.165, 1.54) is 19.4 Å². The number of anilines is 2. The predicted octanol–water partition coefficient (Wildman–Crippen LogP) is 4.06. The molecular formula is C25H36FN3O2. The molecule has 1 spiro atoms. The Morgan fingerprint density at radius 2 is 1.90 bits per heavy atom. The number of benzene rings is 1. The number of rotatable bonds is 4. The van der Waals surface area contributed by atoms with Gasteiger partial charge in [0.15, 0.2) is 0 Å². The molecule has 1 aromatic rings. The second-order valence-electron chi connectivity index (χ2n) is 10.3. The summed E-state index contributed by atoms with van der Waals surface area (Å²) in [5, 5.41) is 0. The molecule has 4 fully saturated rings. The number of halogens is 1. The van der Waals surface area contributed by atoms with E-state index in [1.54, 1.807) is 11.0 Å². The number of carbonyl (C=O) groups excluding carboxylic acids is 1. The van der Waals surface area contributed by atoms with Crippen LogP contribution in [0.2, 0.25) is 0 Å². The van der Waals surface area contributed by atoms with E-state index in [1.807, 2.05) is 12.1 Å². The third-order valence-electron chi connectivity index (χ3n) is 8.29. The Labute approximate surface area is 185 Å². The number of hydrogen-bond donors (Lipinski definition) is 0. The van der Waals surface area contributed by atoms with Gasteiger partial charge in [-0.2, -0.15) is 0 Å². The SMILES string of the molecule is CC(C)C1CCCN1C1CCN(c2ccc(N3CCC4(CCOCC4)C3=O)c(F)c2)C1. The summed E-state index contributed by atoms with van der Waals surface area (Å²) in [5.41, 5.74) is 1.04. The van der Waals surface area contributed by atoms with Crippen LogP contribution in [0.5, 0.6) is 0 Å². The van der Waals surface area contributed by atoms with E-state index in [0.717, 1.165) is 44.5 Å². The monoisotopic (exact) mass is 429 g/mol. The molecule has 4 aliphatic rings. The van der Waals surface area contributed by atoms with Crippen LogP contribution in [0.3, 0.4) is 0 Å². The molecule has 4 heterocycles. The lowest BCUT2D eigenvalue weighted by Gasteiger charge is -2.33. The topological polar surface area (TPSA) is 36.0 Å². The molecule has 31 heavy (non-hydrogen) atoms. The van der Waals surface area contributed by atoms with Gasteiger partial charge < -0.3 is 14.5 Å². The van der Waals surface area contributed by atoms with Crippen LogP contribution >= 0.6 is 0 Å². The summed E-state index contributed by atoms with van der Waals surface area (Å²) in [6.07, 6.45) is 6.05. The van der Waals surface area contributed by atoms with Crippen molar-refractivity contribution in [2.75, 3.05) is 49.2 Å². The zero-order chi connectivity index (χ0) is 21.6. The van der Waals surface area contributed by atoms with E-state index >= 15 is 4.39 Å². The third kappa shape index (κ3) is 3.76. The Balaban J connectivity index is 1.28. The molecule has 0 bridgehead atoms. The highest BCUT2D eigenvalue weighted by atomic mass is 19.1. The van der Waals surface area contributed by atoms with E-state index in [-0.39, 0.29) is 17.1 Å². The second-order valence-corrected chi connectivity index (χ2v) is 10.3. The molecule has 6 heteroatoms. The lowest BCUT2D eigenvalue weighted by molar-refractivity contribution is -0.130. The maximum atomic E-state index is 15.2. The van der Waals surface area contributed by atoms with Gasteiger partial charge in [-0.1, -0.05) is 13.8 Å². The van der Waals surface area contributed by atoms with Gasteiger partial charge in [-0.3, -0.25) is 9.69 Å². The number of carbonyl (C=O) groups is 1. The van der Waals surface area contributed by atoms with Crippen molar-refractivity contribution in [3.63, 3.8) is 0 Å². The van der Waals surface area contributed by atoms with Crippen LogP contribution in [0.25, 0.3) is 0 Å². The van der Waals surface area contributed by atoms with Gasteiger partial charge >= 0.3 is 0 Å². The van der Waals surface area contributed by atoms with Gasteiger partial charge in [-0.05, 0) is 69.2 Å². The van der Waals surface area contributed by atoms with Gasteiger partial charge in [0.1, 0.15) is 5.82 Å². The van der Waals surface area contributed by atoms with Gasteiger partial charge in [0.25, 0.3) is 0 Å². The molecule has 4 aliphatic heterocycles. The highest BCUT2D eigenvalue weighted by molar-refractivity contribution is 6.00. The van der Waals surface area contributed by atoms with Crippen molar-refractivity contribution >= 4 is 17.3 Å². The van der Waals surface area contributed by atoms with Crippen molar-refractivity contribution in [3.05, 3.63) is 24.0 Å². The lowest BCUT2D eigenvalue weighted by atomic mass is 9.79. The Hall–Kier alpha value is -1.66. The van der Waals surface area contributed by atoms with Gasteiger partial charge in [-0.25, -0.2) is 4.39 Å². The van der Waals surface area contributed by atoms with Crippen LogP contribution in [-0.2, 0) is 9.53 Å². The van der Waals surface area contributed by atoms with E-state index in [0.29, 0.717) is 43.4 Å². The van der Waals surface area contributed by atoms with Crippen molar-refractivity contribution in [3.8, 4) is 0 Å². The minimum atomic E-state index is -0.339. The molecule has 1 aromatic carbocycles. The fourth-order valence-corrected chi connectivity index (χ4v) is 6.42. The lowest BCUT2D eigenvalue weighted by Crippen LogP contribution is -2.43. The summed E-state index contributed by atoms with van der Waals surface area (Å²) < 4.78 is 20.6. The number of likely N-dealkylation sites (tertiary alicyclic amines) is 1. The van der Waals surface area contributed by atoms with Crippen molar-refractivity contribution < 1.29 is 13.9 Å². The van der Waals surface area contributed by atoms with Crippen molar-refractivity contribution in [1.82, 2.24) is 4.90 Å². The highest BCUT2D eigenvalue weighted by Gasteiger charge is 2.48. The van der Waals surface area contributed by atoms with Crippen LogP contribution in [0.4, 0.5) is 15.8 Å². The number of ether oxygens (including phenoxy) is 1. The van der Waals surface area contributed by atoms with Crippen molar-refractivity contribution in [2.24, 2.45) is 11.3 Å². The molecule has 1 amide bonds. The number of amides is 1. The maximum absolute atomic E-state index is 15.2. The van der Waals surface area contributed by atoms with Crippen molar-refractivity contribution in [2.45, 2.75) is 64.5 Å². The van der Waals surface area contributed by atoms with Crippen molar-refractivity contribution in [1.29, 1.82) is 0 Å². The predicted molar refractivity (Wildman–Crippen MR) is 121 cm³/mol. The molecule has 2 unspecified atom stereocenters. The second kappa shape index (κ2) is 8.36. The van der Waals surface area contributed by atoms with Gasteiger partial charge in [0.05, 0.1) is 11.1 Å². The first-order chi connectivity index (χ1) is 15.0. The molecule has 0 aliphatic carbocycles. The first-order valence-electron chi connectivity index (χ1n) is 12.2. The largest absolute Gasteiger partial charge is 0.381 e. The minimum Gasteiger partial charge on any atom is -0.381 e. The number of nitrogens with zero attached hydrogens (tertiary/aromatic N) is 3. The Morgan fingerprint density at radius 1 is 1.10 bits per heavy atom. The molecule has 0 N–H and O–H groups in total. The molecule has 170 valence electrons. The molecule has 4 saturated heterocycles. The summed E-state index contributed by atoms with van der Waals surface area (Å²) in [7, 11) is 0. The van der Waals surface area contributed by atoms with E-state index in [2.05, 4.69) is 23.6 Å². The normalized spacial score (nSPS) is 29.1. The fourth-order valence-electron chi connectivity index (χ4n) is 6.42. The van der Waals surface area contributed by atoms with Gasteiger partial charge in [-0.15, -0.1) is 0 Å². The summed E-state index contributed by atoms with van der Waals surface area (Å²) >= 11 is 0. The summed E-state index contributed by atoms with van der Waals surface area (Å²) in [6.45, 7) is 9.65. The average Bonchev–Trinajstić information content (AvgIpc) is 3.49. The first kappa shape index (κ1) is 21.2.